The molecule has 3 aromatic carbocycles. The van der Waals surface area contributed by atoms with Crippen LogP contribution in [0.3, 0.4) is 0 Å². The van der Waals surface area contributed by atoms with Crippen LogP contribution in [0.15, 0.2) is 78.0 Å². The lowest BCUT2D eigenvalue weighted by Crippen LogP contribution is -2.31. The Hall–Kier alpha value is -4.46. The Labute approximate surface area is 203 Å². The van der Waals surface area contributed by atoms with Gasteiger partial charge in [-0.2, -0.15) is 0 Å². The number of rotatable bonds is 6. The first kappa shape index (κ1) is 22.3. The highest BCUT2D eigenvalue weighted by molar-refractivity contribution is 6.07. The number of carbonyl (C=O) groups excluding carboxylic acids is 1. The molecule has 1 unspecified atom stereocenters. The first-order valence-corrected chi connectivity index (χ1v) is 11.2. The zero-order valence-corrected chi connectivity index (χ0v) is 20.0. The Morgan fingerprint density at radius 2 is 1.69 bits per heavy atom. The number of carbonyl (C=O) groups is 1. The van der Waals surface area contributed by atoms with Crippen LogP contribution in [0.4, 0.5) is 11.6 Å². The van der Waals surface area contributed by atoms with Gasteiger partial charge in [0.05, 0.1) is 49.7 Å². The van der Waals surface area contributed by atoms with Crippen LogP contribution in [-0.2, 0) is 4.79 Å². The van der Waals surface area contributed by atoms with Gasteiger partial charge in [0, 0.05) is 17.3 Å². The molecule has 0 fully saturated rings. The minimum absolute atomic E-state index is 0.259. The molecule has 0 spiro atoms. The third-order valence-corrected chi connectivity index (χ3v) is 6.17. The van der Waals surface area contributed by atoms with E-state index in [9.17, 15) is 4.79 Å². The predicted octanol–water partition coefficient (Wildman–Crippen LogP) is 4.99. The quantitative estimate of drug-likeness (QED) is 0.413. The van der Waals surface area contributed by atoms with Gasteiger partial charge in [-0.15, -0.1) is 0 Å². The molecule has 8 nitrogen and oxygen atoms in total. The molecule has 2 heterocycles. The highest BCUT2D eigenvalue weighted by Gasteiger charge is 2.36. The van der Waals surface area contributed by atoms with Gasteiger partial charge >= 0.3 is 0 Å². The maximum absolute atomic E-state index is 13.9. The van der Waals surface area contributed by atoms with Gasteiger partial charge in [-0.1, -0.05) is 24.3 Å². The molecule has 1 aliphatic heterocycles. The SMILES string of the molecule is COc1ccc(C2C(C(=O)Nc3ccccc3OC)=C(C)Nc3nc4ccccc4n32)c(OC)c1. The summed E-state index contributed by atoms with van der Waals surface area (Å²) in [6.07, 6.45) is 0. The number of allylic oxidation sites excluding steroid dienone is 1. The van der Waals surface area contributed by atoms with Crippen LogP contribution < -0.4 is 24.8 Å². The van der Waals surface area contributed by atoms with Gasteiger partial charge in [0.2, 0.25) is 5.95 Å². The van der Waals surface area contributed by atoms with Gasteiger partial charge < -0.3 is 24.8 Å². The third-order valence-electron chi connectivity index (χ3n) is 6.17. The van der Waals surface area contributed by atoms with E-state index in [0.29, 0.717) is 40.2 Å². The van der Waals surface area contributed by atoms with Crippen molar-refractivity contribution in [2.75, 3.05) is 32.0 Å². The number of aromatic nitrogens is 2. The summed E-state index contributed by atoms with van der Waals surface area (Å²) in [7, 11) is 4.79. The topological polar surface area (TPSA) is 86.6 Å². The number of nitrogens with zero attached hydrogens (tertiary/aromatic N) is 2. The average Bonchev–Trinajstić information content (AvgIpc) is 3.25. The van der Waals surface area contributed by atoms with Crippen LogP contribution in [0, 0.1) is 0 Å². The number of amides is 1. The van der Waals surface area contributed by atoms with Crippen molar-refractivity contribution in [3.8, 4) is 17.2 Å². The van der Waals surface area contributed by atoms with Crippen molar-refractivity contribution < 1.29 is 19.0 Å². The average molecular weight is 471 g/mol. The fourth-order valence-corrected chi connectivity index (χ4v) is 4.53. The van der Waals surface area contributed by atoms with E-state index in [1.54, 1.807) is 27.4 Å². The number of fused-ring (bicyclic) bond motifs is 3. The molecule has 1 amide bonds. The van der Waals surface area contributed by atoms with E-state index in [1.807, 2.05) is 72.2 Å². The fraction of sp³-hybridized carbons (Fsp3) is 0.185. The van der Waals surface area contributed by atoms with Crippen LogP contribution in [0.5, 0.6) is 17.2 Å². The smallest absolute Gasteiger partial charge is 0.255 e. The number of hydrogen-bond acceptors (Lipinski definition) is 6. The molecule has 0 bridgehead atoms. The van der Waals surface area contributed by atoms with E-state index in [-0.39, 0.29) is 5.91 Å². The van der Waals surface area contributed by atoms with Crippen molar-refractivity contribution in [1.29, 1.82) is 0 Å². The zero-order chi connectivity index (χ0) is 24.5. The molecule has 0 radical (unpaired) electrons. The van der Waals surface area contributed by atoms with Gasteiger partial charge in [0.1, 0.15) is 17.2 Å². The lowest BCUT2D eigenvalue weighted by Gasteiger charge is -2.31. The Morgan fingerprint density at radius 3 is 2.46 bits per heavy atom. The minimum atomic E-state index is -0.505. The van der Waals surface area contributed by atoms with Crippen molar-refractivity contribution in [3.63, 3.8) is 0 Å². The van der Waals surface area contributed by atoms with Crippen molar-refractivity contribution in [3.05, 3.63) is 83.6 Å². The molecule has 0 saturated heterocycles. The summed E-state index contributed by atoms with van der Waals surface area (Å²) in [5.74, 6) is 2.24. The number of imidazole rings is 1. The largest absolute Gasteiger partial charge is 0.497 e. The molecular weight excluding hydrogens is 444 g/mol. The van der Waals surface area contributed by atoms with Crippen molar-refractivity contribution >= 4 is 28.6 Å². The summed E-state index contributed by atoms with van der Waals surface area (Å²) >= 11 is 0. The highest BCUT2D eigenvalue weighted by Crippen LogP contribution is 2.43. The van der Waals surface area contributed by atoms with Gasteiger partial charge in [-0.05, 0) is 43.3 Å². The molecule has 0 aliphatic carbocycles. The predicted molar refractivity (Wildman–Crippen MR) is 135 cm³/mol. The van der Waals surface area contributed by atoms with Gasteiger partial charge in [0.25, 0.3) is 5.91 Å². The lowest BCUT2D eigenvalue weighted by atomic mass is 9.93. The molecule has 1 aliphatic rings. The first-order chi connectivity index (χ1) is 17.0. The summed E-state index contributed by atoms with van der Waals surface area (Å²) in [6, 6.07) is 20.3. The molecular formula is C27H26N4O4. The number of ether oxygens (including phenoxy) is 3. The highest BCUT2D eigenvalue weighted by atomic mass is 16.5. The second-order valence-corrected chi connectivity index (χ2v) is 8.12. The van der Waals surface area contributed by atoms with Crippen LogP contribution in [0.25, 0.3) is 11.0 Å². The molecule has 1 atom stereocenters. The molecule has 0 saturated carbocycles. The summed E-state index contributed by atoms with van der Waals surface area (Å²) in [5, 5.41) is 6.36. The number of hydrogen-bond donors (Lipinski definition) is 2. The second kappa shape index (κ2) is 9.06. The van der Waals surface area contributed by atoms with E-state index in [2.05, 4.69) is 10.6 Å². The molecule has 178 valence electrons. The third kappa shape index (κ3) is 3.82. The van der Waals surface area contributed by atoms with Crippen molar-refractivity contribution in [2.45, 2.75) is 13.0 Å². The van der Waals surface area contributed by atoms with E-state index in [0.717, 1.165) is 16.6 Å². The van der Waals surface area contributed by atoms with Gasteiger partial charge in [-0.3, -0.25) is 9.36 Å². The van der Waals surface area contributed by atoms with Gasteiger partial charge in [0.15, 0.2) is 0 Å². The molecule has 1 aromatic heterocycles. The Bertz CT molecular complexity index is 1460. The summed E-state index contributed by atoms with van der Waals surface area (Å²) in [6.45, 7) is 1.88. The van der Waals surface area contributed by atoms with Crippen molar-refractivity contribution in [2.24, 2.45) is 0 Å². The number of para-hydroxylation sites is 4. The van der Waals surface area contributed by atoms with E-state index in [1.165, 1.54) is 0 Å². The molecule has 8 heteroatoms. The molecule has 5 rings (SSSR count). The van der Waals surface area contributed by atoms with Crippen LogP contribution >= 0.6 is 0 Å². The van der Waals surface area contributed by atoms with Gasteiger partial charge in [-0.25, -0.2) is 4.98 Å². The fourth-order valence-electron chi connectivity index (χ4n) is 4.53. The van der Waals surface area contributed by atoms with Crippen molar-refractivity contribution in [1.82, 2.24) is 9.55 Å². The standard InChI is InChI=1S/C27H26N4O4/c1-16-24(26(32)29-20-10-6-8-12-22(20)34-3)25(18-14-13-17(33-2)15-23(18)35-4)31-21-11-7-5-9-19(21)30-27(31)28-16/h5-15,25H,1-4H3,(H,28,30)(H,29,32). The lowest BCUT2D eigenvalue weighted by molar-refractivity contribution is -0.113. The van der Waals surface area contributed by atoms with Crippen LogP contribution in [0.2, 0.25) is 0 Å². The van der Waals surface area contributed by atoms with Crippen LogP contribution in [-0.4, -0.2) is 36.8 Å². The maximum Gasteiger partial charge on any atom is 0.255 e. The van der Waals surface area contributed by atoms with Crippen LogP contribution in [0.1, 0.15) is 18.5 Å². The maximum atomic E-state index is 13.9. The zero-order valence-electron chi connectivity index (χ0n) is 20.0. The summed E-state index contributed by atoms with van der Waals surface area (Å²) in [4.78, 5) is 18.6. The molecule has 35 heavy (non-hydrogen) atoms. The number of anilines is 2. The Kier molecular flexibility index (Phi) is 5.78. The Balaban J connectivity index is 1.70. The van der Waals surface area contributed by atoms with E-state index < -0.39 is 6.04 Å². The summed E-state index contributed by atoms with van der Waals surface area (Å²) in [5.41, 5.74) is 4.35. The monoisotopic (exact) mass is 470 g/mol. The first-order valence-electron chi connectivity index (χ1n) is 11.2. The molecule has 4 aromatic rings. The molecule has 2 N–H and O–H groups in total. The van der Waals surface area contributed by atoms with E-state index in [4.69, 9.17) is 19.2 Å². The Morgan fingerprint density at radius 1 is 0.943 bits per heavy atom. The number of benzene rings is 3. The van der Waals surface area contributed by atoms with E-state index >= 15 is 0 Å². The minimum Gasteiger partial charge on any atom is -0.497 e. The normalized spacial score (nSPS) is 14.8. The second-order valence-electron chi connectivity index (χ2n) is 8.12. The summed E-state index contributed by atoms with van der Waals surface area (Å²) < 4.78 is 18.6. The number of nitrogens with one attached hydrogen (secondary N) is 2. The number of methoxy groups -OCH3 is 3.